The number of nitrogens with zero attached hydrogens (tertiary/aromatic N) is 2. The van der Waals surface area contributed by atoms with Gasteiger partial charge in [0.2, 0.25) is 10.0 Å². The molecule has 28 heavy (non-hydrogen) atoms. The summed E-state index contributed by atoms with van der Waals surface area (Å²) in [6.07, 6.45) is 4.55. The summed E-state index contributed by atoms with van der Waals surface area (Å²) >= 11 is 0. The fourth-order valence-corrected chi connectivity index (χ4v) is 3.91. The molecule has 0 aliphatic carbocycles. The molecule has 144 valence electrons. The van der Waals surface area contributed by atoms with Crippen LogP contribution in [0.15, 0.2) is 66.0 Å². The highest BCUT2D eigenvalue weighted by Gasteiger charge is 2.20. The monoisotopic (exact) mass is 397 g/mol. The Bertz CT molecular complexity index is 1100. The highest BCUT2D eigenvalue weighted by molar-refractivity contribution is 7.89. The van der Waals surface area contributed by atoms with Crippen molar-refractivity contribution in [2.24, 2.45) is 0 Å². The summed E-state index contributed by atoms with van der Waals surface area (Å²) in [7, 11) is -3.70. The first kappa shape index (κ1) is 19.5. The summed E-state index contributed by atoms with van der Waals surface area (Å²) in [6, 6.07) is 11.3. The van der Waals surface area contributed by atoms with E-state index in [0.29, 0.717) is 16.8 Å². The first-order valence-electron chi connectivity index (χ1n) is 8.48. The van der Waals surface area contributed by atoms with E-state index in [-0.39, 0.29) is 22.8 Å². The maximum atomic E-state index is 12.6. The van der Waals surface area contributed by atoms with Crippen molar-refractivity contribution >= 4 is 27.4 Å². The van der Waals surface area contributed by atoms with Crippen LogP contribution < -0.4 is 15.8 Å². The molecule has 8 nitrogen and oxygen atoms in total. The lowest BCUT2D eigenvalue weighted by molar-refractivity contribution is 0.102. The molecule has 0 spiro atoms. The zero-order chi connectivity index (χ0) is 20.1. The first-order valence-corrected chi connectivity index (χ1v) is 9.96. The minimum atomic E-state index is -3.70. The number of nitrogens with two attached hydrogens (primary N) is 1. The van der Waals surface area contributed by atoms with Gasteiger partial charge in [-0.15, -0.1) is 0 Å². The van der Waals surface area contributed by atoms with Crippen molar-refractivity contribution in [3.8, 4) is 11.1 Å². The van der Waals surface area contributed by atoms with Crippen LogP contribution in [0.1, 0.15) is 17.3 Å². The lowest BCUT2D eigenvalue weighted by atomic mass is 10.1. The quantitative estimate of drug-likeness (QED) is 0.586. The van der Waals surface area contributed by atoms with E-state index < -0.39 is 15.9 Å². The third-order valence-electron chi connectivity index (χ3n) is 3.92. The number of nitrogens with one attached hydrogen (secondary N) is 2. The van der Waals surface area contributed by atoms with Crippen molar-refractivity contribution in [3.05, 3.63) is 66.6 Å². The largest absolute Gasteiger partial charge is 0.383 e. The molecule has 2 aromatic heterocycles. The molecule has 0 atom stereocenters. The second-order valence-corrected chi connectivity index (χ2v) is 7.58. The molecule has 1 aromatic carbocycles. The van der Waals surface area contributed by atoms with Crippen LogP contribution in [0.25, 0.3) is 11.1 Å². The van der Waals surface area contributed by atoms with Gasteiger partial charge >= 0.3 is 0 Å². The van der Waals surface area contributed by atoms with Crippen LogP contribution >= 0.6 is 0 Å². The molecular weight excluding hydrogens is 378 g/mol. The molecule has 4 N–H and O–H groups in total. The summed E-state index contributed by atoms with van der Waals surface area (Å²) in [4.78, 5) is 20.7. The van der Waals surface area contributed by atoms with Crippen LogP contribution in [0.5, 0.6) is 0 Å². The maximum Gasteiger partial charge on any atom is 0.259 e. The van der Waals surface area contributed by atoms with Crippen LogP contribution in [0.3, 0.4) is 0 Å². The van der Waals surface area contributed by atoms with Gasteiger partial charge in [-0.3, -0.25) is 9.78 Å². The number of carbonyl (C=O) groups excluding carboxylic acids is 1. The molecule has 0 saturated heterocycles. The molecule has 0 aliphatic rings. The lowest BCUT2D eigenvalue weighted by Gasteiger charge is -2.13. The number of pyridine rings is 2. The Morgan fingerprint density at radius 1 is 1.14 bits per heavy atom. The Morgan fingerprint density at radius 3 is 2.57 bits per heavy atom. The number of aromatic nitrogens is 2. The molecule has 0 saturated carbocycles. The van der Waals surface area contributed by atoms with E-state index in [1.807, 2.05) is 0 Å². The van der Waals surface area contributed by atoms with Crippen molar-refractivity contribution in [1.29, 1.82) is 0 Å². The Morgan fingerprint density at radius 2 is 1.86 bits per heavy atom. The van der Waals surface area contributed by atoms with E-state index >= 15 is 0 Å². The number of benzene rings is 1. The number of amides is 1. The molecule has 2 heterocycles. The Balaban J connectivity index is 2.02. The van der Waals surface area contributed by atoms with Crippen molar-refractivity contribution < 1.29 is 13.2 Å². The highest BCUT2D eigenvalue weighted by atomic mass is 32.2. The predicted octanol–water partition coefficient (Wildman–Crippen LogP) is 2.28. The lowest BCUT2D eigenvalue weighted by Crippen LogP contribution is -2.23. The average molecular weight is 397 g/mol. The van der Waals surface area contributed by atoms with Gasteiger partial charge in [-0.1, -0.05) is 25.1 Å². The number of hydrogen-bond donors (Lipinski definition) is 3. The van der Waals surface area contributed by atoms with Gasteiger partial charge in [-0.25, -0.2) is 18.1 Å². The van der Waals surface area contributed by atoms with E-state index in [2.05, 4.69) is 20.0 Å². The Labute approximate surface area is 162 Å². The highest BCUT2D eigenvalue weighted by Crippen LogP contribution is 2.28. The molecule has 3 rings (SSSR count). The van der Waals surface area contributed by atoms with Gasteiger partial charge in [0.15, 0.2) is 0 Å². The van der Waals surface area contributed by atoms with E-state index in [1.165, 1.54) is 18.3 Å². The van der Waals surface area contributed by atoms with Gasteiger partial charge < -0.3 is 11.1 Å². The van der Waals surface area contributed by atoms with E-state index in [4.69, 9.17) is 5.73 Å². The minimum absolute atomic E-state index is 0.0438. The normalized spacial score (nSPS) is 11.2. The van der Waals surface area contributed by atoms with E-state index in [1.54, 1.807) is 49.6 Å². The van der Waals surface area contributed by atoms with Gasteiger partial charge in [0.25, 0.3) is 5.91 Å². The Kier molecular flexibility index (Phi) is 5.67. The SMILES string of the molecule is CCNS(=O)(=O)c1ccccc1-c1cnc(N)c(C(=O)Nc2ccncc2)c1. The second kappa shape index (κ2) is 8.15. The van der Waals surface area contributed by atoms with Crippen molar-refractivity contribution in [3.63, 3.8) is 0 Å². The summed E-state index contributed by atoms with van der Waals surface area (Å²) < 4.78 is 27.5. The summed E-state index contributed by atoms with van der Waals surface area (Å²) in [6.45, 7) is 1.96. The van der Waals surface area contributed by atoms with Crippen molar-refractivity contribution in [1.82, 2.24) is 14.7 Å². The van der Waals surface area contributed by atoms with Crippen LogP contribution in [0, 0.1) is 0 Å². The Hall–Kier alpha value is -3.30. The number of rotatable bonds is 6. The maximum absolute atomic E-state index is 12.6. The molecule has 0 radical (unpaired) electrons. The third kappa shape index (κ3) is 4.16. The molecule has 3 aromatic rings. The van der Waals surface area contributed by atoms with Crippen molar-refractivity contribution in [2.75, 3.05) is 17.6 Å². The first-order chi connectivity index (χ1) is 13.4. The average Bonchev–Trinajstić information content (AvgIpc) is 2.69. The van der Waals surface area contributed by atoms with Gasteiger partial charge in [-0.2, -0.15) is 0 Å². The third-order valence-corrected chi connectivity index (χ3v) is 5.53. The van der Waals surface area contributed by atoms with Gasteiger partial charge in [0.1, 0.15) is 5.82 Å². The van der Waals surface area contributed by atoms with E-state index in [9.17, 15) is 13.2 Å². The predicted molar refractivity (Wildman–Crippen MR) is 107 cm³/mol. The van der Waals surface area contributed by atoms with Gasteiger partial charge in [0.05, 0.1) is 10.5 Å². The minimum Gasteiger partial charge on any atom is -0.383 e. The molecule has 0 fully saturated rings. The molecule has 9 heteroatoms. The number of hydrogen-bond acceptors (Lipinski definition) is 6. The topological polar surface area (TPSA) is 127 Å². The standard InChI is InChI=1S/C19H19N5O3S/c1-2-23-28(26,27)17-6-4-3-5-15(17)13-11-16(18(20)22-12-13)19(25)24-14-7-9-21-10-8-14/h3-12,23H,2H2,1H3,(H2,20,22)(H,21,24,25). The number of sulfonamides is 1. The van der Waals surface area contributed by atoms with Gasteiger partial charge in [-0.05, 0) is 24.3 Å². The number of carbonyl (C=O) groups is 1. The van der Waals surface area contributed by atoms with Crippen LogP contribution in [-0.2, 0) is 10.0 Å². The molecule has 0 aliphatic heterocycles. The summed E-state index contributed by atoms with van der Waals surface area (Å²) in [5.74, 6) is -0.410. The van der Waals surface area contributed by atoms with E-state index in [0.717, 1.165) is 0 Å². The smallest absolute Gasteiger partial charge is 0.259 e. The van der Waals surface area contributed by atoms with Crippen molar-refractivity contribution in [2.45, 2.75) is 11.8 Å². The number of nitrogen functional groups attached to an aromatic ring is 1. The van der Waals surface area contributed by atoms with Crippen LogP contribution in [0.2, 0.25) is 0 Å². The summed E-state index contributed by atoms with van der Waals surface area (Å²) in [5, 5.41) is 2.71. The molecule has 0 unspecified atom stereocenters. The van der Waals surface area contributed by atoms with Crippen LogP contribution in [-0.4, -0.2) is 30.8 Å². The van der Waals surface area contributed by atoms with Crippen LogP contribution in [0.4, 0.5) is 11.5 Å². The zero-order valence-electron chi connectivity index (χ0n) is 15.1. The molecule has 0 bridgehead atoms. The molecular formula is C19H19N5O3S. The number of anilines is 2. The molecule has 1 amide bonds. The second-order valence-electron chi connectivity index (χ2n) is 5.84. The van der Waals surface area contributed by atoms with Gasteiger partial charge in [0, 0.05) is 41.9 Å². The zero-order valence-corrected chi connectivity index (χ0v) is 15.9. The fourth-order valence-electron chi connectivity index (χ4n) is 2.65. The fraction of sp³-hybridized carbons (Fsp3) is 0.105. The summed E-state index contributed by atoms with van der Waals surface area (Å²) in [5.41, 5.74) is 7.47.